The minimum atomic E-state index is -0.459. The van der Waals surface area contributed by atoms with E-state index in [0.717, 1.165) is 21.5 Å². The van der Waals surface area contributed by atoms with E-state index in [-0.39, 0.29) is 0 Å². The van der Waals surface area contributed by atoms with Crippen LogP contribution in [0.25, 0.3) is 10.2 Å². The molecule has 1 aromatic carbocycles. The molecule has 10 heteroatoms. The Hall–Kier alpha value is -0.341. The molecule has 0 atom stereocenters. The van der Waals surface area contributed by atoms with Crippen LogP contribution in [-0.2, 0) is 6.54 Å². The van der Waals surface area contributed by atoms with Gasteiger partial charge in [0.2, 0.25) is 0 Å². The summed E-state index contributed by atoms with van der Waals surface area (Å²) in [4.78, 5) is 0. The van der Waals surface area contributed by atoms with E-state index in [1.165, 1.54) is 40.0 Å². The topological polar surface area (TPSA) is 41.9 Å². The number of allylic oxidation sites excluding steroid dienone is 2. The van der Waals surface area contributed by atoms with Crippen LogP contribution in [0.4, 0.5) is 0 Å². The van der Waals surface area contributed by atoms with Gasteiger partial charge in [0.25, 0.3) is 0 Å². The van der Waals surface area contributed by atoms with Crippen LogP contribution in [0.15, 0.2) is 38.2 Å². The third kappa shape index (κ3) is 5.78. The van der Waals surface area contributed by atoms with Crippen LogP contribution in [0.3, 0.4) is 0 Å². The van der Waals surface area contributed by atoms with E-state index >= 15 is 0 Å². The first-order valence-electron chi connectivity index (χ1n) is 10.0. The first-order valence-corrected chi connectivity index (χ1v) is 14.9. The Morgan fingerprint density at radius 2 is 1.97 bits per heavy atom. The summed E-state index contributed by atoms with van der Waals surface area (Å²) in [6.45, 7) is 0.520. The number of hydrogen-bond donors (Lipinski definition) is 2. The van der Waals surface area contributed by atoms with Gasteiger partial charge in [-0.3, -0.25) is 0 Å². The molecule has 2 aromatic rings. The Bertz CT molecular complexity index is 1060. The molecule has 2 aliphatic rings. The third-order valence-corrected chi connectivity index (χ3v) is 10.5. The fraction of sp³-hybridized carbons (Fsp3) is 0.333. The summed E-state index contributed by atoms with van der Waals surface area (Å²) in [6.07, 6.45) is 10.5. The van der Waals surface area contributed by atoms with Crippen LogP contribution in [0.1, 0.15) is 43.5 Å². The average molecular weight is 672 g/mol. The molecule has 0 bridgehead atoms. The molecule has 0 radical (unpaired) electrons. The molecule has 4 nitrogen and oxygen atoms in total. The van der Waals surface area contributed by atoms with E-state index < -0.39 is 15.0 Å². The van der Waals surface area contributed by atoms with Crippen molar-refractivity contribution in [2.45, 2.75) is 44.7 Å². The Morgan fingerprint density at radius 3 is 2.65 bits per heavy atom. The van der Waals surface area contributed by atoms with Crippen molar-refractivity contribution in [3.63, 3.8) is 0 Å². The maximum atomic E-state index is 6.53. The Kier molecular flexibility index (Phi) is 8.24. The van der Waals surface area contributed by atoms with E-state index in [2.05, 4.69) is 54.6 Å². The monoisotopic (exact) mass is 670 g/mol. The second-order valence-electron chi connectivity index (χ2n) is 7.50. The molecule has 166 valence electrons. The second-order valence-corrected chi connectivity index (χ2v) is 14.7. The number of nitrogens with zero attached hydrogens (tertiary/aromatic N) is 2. The zero-order chi connectivity index (χ0) is 22.0. The molecule has 1 aliphatic carbocycles. The fourth-order valence-corrected chi connectivity index (χ4v) is 8.70. The molecule has 0 spiro atoms. The molecule has 2 N–H and O–H groups in total. The summed E-state index contributed by atoms with van der Waals surface area (Å²) in [5, 5.41) is 13.5. The van der Waals surface area contributed by atoms with Gasteiger partial charge in [0.05, 0.1) is 0 Å². The number of benzene rings is 1. The van der Waals surface area contributed by atoms with Crippen molar-refractivity contribution in [2.24, 2.45) is 0 Å². The predicted molar refractivity (Wildman–Crippen MR) is 144 cm³/mol. The van der Waals surface area contributed by atoms with Crippen molar-refractivity contribution in [3.05, 3.63) is 59.6 Å². The van der Waals surface area contributed by atoms with Crippen molar-refractivity contribution in [1.29, 1.82) is 0 Å². The normalized spacial score (nSPS) is 18.1. The van der Waals surface area contributed by atoms with E-state index in [1.807, 2.05) is 16.8 Å². The number of nitrogens with one attached hydrogen (secondary N) is 2. The minimum absolute atomic E-state index is 0.459. The number of aromatic nitrogens is 2. The van der Waals surface area contributed by atoms with Gasteiger partial charge in [-0.25, -0.2) is 0 Å². The zero-order valence-electron chi connectivity index (χ0n) is 16.5. The molecule has 1 aliphatic heterocycles. The van der Waals surface area contributed by atoms with Crippen LogP contribution in [0.2, 0.25) is 10.0 Å². The third-order valence-electron chi connectivity index (χ3n) is 5.29. The van der Waals surface area contributed by atoms with E-state index in [1.54, 1.807) is 6.07 Å². The van der Waals surface area contributed by atoms with Crippen molar-refractivity contribution >= 4 is 91.8 Å². The molecular weight excluding hydrogens is 650 g/mol. The van der Waals surface area contributed by atoms with Gasteiger partial charge in [-0.15, -0.1) is 0 Å². The Labute approximate surface area is 220 Å². The predicted octanol–water partition coefficient (Wildman–Crippen LogP) is 6.00. The number of hydrogen-bond acceptors (Lipinski definition) is 2. The fourth-order valence-electron chi connectivity index (χ4n) is 3.77. The molecule has 0 unspecified atom stereocenters. The molecule has 4 rings (SSSR count). The number of halogens is 4. The van der Waals surface area contributed by atoms with Gasteiger partial charge < -0.3 is 0 Å². The number of thiocarbonyl (C=S) groups is 1. The van der Waals surface area contributed by atoms with Crippen LogP contribution in [0.5, 0.6) is 0 Å². The van der Waals surface area contributed by atoms with Crippen LogP contribution >= 0.6 is 67.3 Å². The first-order chi connectivity index (χ1) is 14.9. The second kappa shape index (κ2) is 10.7. The standard InChI is InChI=1S/C21H22Br2Cl2N4SSe/c22-18-9-8-17(31-18)20-19(23)15(11-26-21(30)27-13-4-2-1-3-5-13)28-29(20)16-7-6-12(24)10-14(16)25/h6-10,13H,1-5,11,31H2,(H2,26,27,30). The summed E-state index contributed by atoms with van der Waals surface area (Å²) >= 11 is 25.2. The molecule has 0 amide bonds. The molecule has 2 heterocycles. The first kappa shape index (κ1) is 23.8. The summed E-state index contributed by atoms with van der Waals surface area (Å²) in [7, 11) is 0. The zero-order valence-corrected chi connectivity index (χ0v) is 24.1. The van der Waals surface area contributed by atoms with Gasteiger partial charge in [0.15, 0.2) is 0 Å². The molecule has 31 heavy (non-hydrogen) atoms. The summed E-state index contributed by atoms with van der Waals surface area (Å²) in [6, 6.07) is 5.94. The van der Waals surface area contributed by atoms with Crippen LogP contribution < -0.4 is 10.6 Å². The summed E-state index contributed by atoms with van der Waals surface area (Å²) < 4.78 is 5.39. The van der Waals surface area contributed by atoms with Crippen molar-refractivity contribution in [2.75, 3.05) is 0 Å². The van der Waals surface area contributed by atoms with Gasteiger partial charge in [-0.05, 0) is 0 Å². The Morgan fingerprint density at radius 1 is 1.19 bits per heavy atom. The van der Waals surface area contributed by atoms with Crippen LogP contribution in [0, 0.1) is 0 Å². The maximum absolute atomic E-state index is 6.53. The molecule has 1 fully saturated rings. The number of rotatable bonds is 5. The van der Waals surface area contributed by atoms with E-state index in [9.17, 15) is 0 Å². The summed E-state index contributed by atoms with van der Waals surface area (Å²) in [5.74, 6) is 0. The van der Waals surface area contributed by atoms with Crippen molar-refractivity contribution in [1.82, 2.24) is 20.4 Å². The summed E-state index contributed by atoms with van der Waals surface area (Å²) in [5.41, 5.74) is 2.70. The molecular formula is C21H22Br2Cl2N4SSe. The van der Waals surface area contributed by atoms with Gasteiger partial charge in [-0.1, -0.05) is 0 Å². The van der Waals surface area contributed by atoms with Gasteiger partial charge in [0.1, 0.15) is 0 Å². The molecule has 1 aromatic heterocycles. The Balaban J connectivity index is 1.58. The molecule has 0 saturated heterocycles. The van der Waals surface area contributed by atoms with Gasteiger partial charge >= 0.3 is 222 Å². The SMILES string of the molecule is S=C(NCc1nn(-c2ccc(Cl)cc2Cl)c(C2=CC=C(Br)[SeH2]2)c1Br)NC1CCCCC1. The van der Waals surface area contributed by atoms with E-state index in [0.29, 0.717) is 27.7 Å². The van der Waals surface area contributed by atoms with Gasteiger partial charge in [0, 0.05) is 0 Å². The van der Waals surface area contributed by atoms with E-state index in [4.69, 9.17) is 40.5 Å². The molecule has 1 saturated carbocycles. The van der Waals surface area contributed by atoms with Crippen LogP contribution in [-0.4, -0.2) is 35.9 Å². The van der Waals surface area contributed by atoms with Crippen molar-refractivity contribution in [3.8, 4) is 5.69 Å². The van der Waals surface area contributed by atoms with Crippen molar-refractivity contribution < 1.29 is 0 Å². The van der Waals surface area contributed by atoms with Gasteiger partial charge in [-0.2, -0.15) is 0 Å². The average Bonchev–Trinajstić information content (AvgIpc) is 3.30. The quantitative estimate of drug-likeness (QED) is 0.303.